The number of hydrogen-bond acceptors (Lipinski definition) is 4. The maximum Gasteiger partial charge on any atom is 0.121 e. The molecular weight excluding hydrogens is 240 g/mol. The van der Waals surface area contributed by atoms with E-state index < -0.39 is 0 Å². The molecule has 1 aromatic heterocycles. The molecule has 5 heteroatoms. The van der Waals surface area contributed by atoms with Crippen molar-refractivity contribution in [2.45, 2.75) is 33.4 Å². The predicted octanol–water partition coefficient (Wildman–Crippen LogP) is 1.78. The van der Waals surface area contributed by atoms with E-state index in [2.05, 4.69) is 15.6 Å². The summed E-state index contributed by atoms with van der Waals surface area (Å²) in [6.45, 7) is 6.48. The third-order valence-corrected chi connectivity index (χ3v) is 3.09. The van der Waals surface area contributed by atoms with E-state index in [0.29, 0.717) is 5.75 Å². The Morgan fingerprint density at radius 1 is 1.26 bits per heavy atom. The Morgan fingerprint density at radius 3 is 2.63 bits per heavy atom. The first-order chi connectivity index (χ1) is 9.16. The van der Waals surface area contributed by atoms with Crippen LogP contribution in [-0.2, 0) is 13.1 Å². The third-order valence-electron chi connectivity index (χ3n) is 3.09. The van der Waals surface area contributed by atoms with Gasteiger partial charge in [0, 0.05) is 19.3 Å². The summed E-state index contributed by atoms with van der Waals surface area (Å²) in [4.78, 5) is 0. The summed E-state index contributed by atoms with van der Waals surface area (Å²) in [7, 11) is 0. The fourth-order valence-electron chi connectivity index (χ4n) is 2.10. The Kier molecular flexibility index (Phi) is 4.52. The van der Waals surface area contributed by atoms with Crippen LogP contribution in [0.5, 0.6) is 5.75 Å². The van der Waals surface area contributed by atoms with Crippen molar-refractivity contribution in [3.63, 3.8) is 0 Å². The van der Waals surface area contributed by atoms with Crippen LogP contribution in [0.2, 0.25) is 0 Å². The fourth-order valence-corrected chi connectivity index (χ4v) is 2.10. The molecule has 0 aliphatic heterocycles. The summed E-state index contributed by atoms with van der Waals surface area (Å²) >= 11 is 0. The summed E-state index contributed by atoms with van der Waals surface area (Å²) in [6.07, 6.45) is 4.57. The third kappa shape index (κ3) is 3.79. The minimum atomic E-state index is 0.398. The van der Waals surface area contributed by atoms with Crippen molar-refractivity contribution in [3.8, 4) is 5.75 Å². The highest BCUT2D eigenvalue weighted by Crippen LogP contribution is 2.22. The van der Waals surface area contributed by atoms with E-state index in [1.165, 1.54) is 5.56 Å². The molecule has 5 nitrogen and oxygen atoms in total. The van der Waals surface area contributed by atoms with E-state index in [0.717, 1.165) is 37.2 Å². The topological polar surface area (TPSA) is 63.0 Å². The predicted molar refractivity (Wildman–Crippen MR) is 73.9 cm³/mol. The van der Waals surface area contributed by atoms with Crippen LogP contribution in [0, 0.1) is 13.8 Å². The number of aryl methyl sites for hydroxylation is 3. The molecule has 0 saturated carbocycles. The molecule has 2 N–H and O–H groups in total. The van der Waals surface area contributed by atoms with Crippen LogP contribution < -0.4 is 5.32 Å². The minimum Gasteiger partial charge on any atom is -0.507 e. The molecule has 0 aliphatic carbocycles. The van der Waals surface area contributed by atoms with Crippen LogP contribution in [0.1, 0.15) is 23.1 Å². The second-order valence-electron chi connectivity index (χ2n) is 4.77. The first-order valence-corrected chi connectivity index (χ1v) is 6.50. The molecule has 0 saturated heterocycles. The van der Waals surface area contributed by atoms with E-state index in [1.807, 2.05) is 36.9 Å². The second-order valence-corrected chi connectivity index (χ2v) is 4.77. The fraction of sp³-hybridized carbons (Fsp3) is 0.429. The van der Waals surface area contributed by atoms with Gasteiger partial charge in [0.25, 0.3) is 0 Å². The zero-order chi connectivity index (χ0) is 13.7. The van der Waals surface area contributed by atoms with Gasteiger partial charge in [-0.05, 0) is 43.5 Å². The number of rotatable bonds is 6. The van der Waals surface area contributed by atoms with Crippen LogP contribution in [0.3, 0.4) is 0 Å². The van der Waals surface area contributed by atoms with Crippen molar-refractivity contribution in [1.82, 2.24) is 20.3 Å². The van der Waals surface area contributed by atoms with Gasteiger partial charge in [-0.25, -0.2) is 0 Å². The van der Waals surface area contributed by atoms with Gasteiger partial charge in [-0.1, -0.05) is 17.3 Å². The van der Waals surface area contributed by atoms with Crippen LogP contribution in [-0.4, -0.2) is 26.6 Å². The molecule has 0 radical (unpaired) electrons. The van der Waals surface area contributed by atoms with Gasteiger partial charge in [-0.15, -0.1) is 5.10 Å². The van der Waals surface area contributed by atoms with Gasteiger partial charge in [0.15, 0.2) is 0 Å². The van der Waals surface area contributed by atoms with Crippen LogP contribution in [0.4, 0.5) is 0 Å². The molecule has 0 amide bonds. The number of phenolic OH excluding ortho intramolecular Hbond substituents is 1. The molecule has 0 aliphatic rings. The summed E-state index contributed by atoms with van der Waals surface area (Å²) in [5.74, 6) is 0.398. The first kappa shape index (κ1) is 13.5. The van der Waals surface area contributed by atoms with Crippen molar-refractivity contribution in [2.75, 3.05) is 6.54 Å². The molecule has 2 rings (SSSR count). The molecule has 0 atom stereocenters. The second kappa shape index (κ2) is 6.33. The molecular formula is C14H20N4O. The molecule has 1 heterocycles. The molecule has 19 heavy (non-hydrogen) atoms. The summed E-state index contributed by atoms with van der Waals surface area (Å²) < 4.78 is 1.83. The van der Waals surface area contributed by atoms with Gasteiger partial charge in [0.1, 0.15) is 5.75 Å². The van der Waals surface area contributed by atoms with Crippen molar-refractivity contribution in [2.24, 2.45) is 0 Å². The largest absolute Gasteiger partial charge is 0.507 e. The maximum atomic E-state index is 9.71. The van der Waals surface area contributed by atoms with Gasteiger partial charge in [-0.3, -0.25) is 4.68 Å². The average molecular weight is 260 g/mol. The Labute approximate surface area is 113 Å². The Balaban J connectivity index is 1.74. The zero-order valence-corrected chi connectivity index (χ0v) is 11.4. The summed E-state index contributed by atoms with van der Waals surface area (Å²) in [5.41, 5.74) is 3.06. The Hall–Kier alpha value is -1.88. The average Bonchev–Trinajstić information content (AvgIpc) is 2.88. The van der Waals surface area contributed by atoms with Crippen molar-refractivity contribution in [3.05, 3.63) is 41.2 Å². The molecule has 2 aromatic rings. The summed E-state index contributed by atoms with van der Waals surface area (Å²) in [6, 6.07) is 4.04. The van der Waals surface area contributed by atoms with Crippen LogP contribution in [0.15, 0.2) is 24.5 Å². The lowest BCUT2D eigenvalue weighted by molar-refractivity contribution is 0.466. The van der Waals surface area contributed by atoms with Crippen molar-refractivity contribution in [1.29, 1.82) is 0 Å². The van der Waals surface area contributed by atoms with Crippen molar-refractivity contribution >= 4 is 0 Å². The summed E-state index contributed by atoms with van der Waals surface area (Å²) in [5, 5.41) is 20.8. The lowest BCUT2D eigenvalue weighted by atomic mass is 10.1. The molecule has 0 fully saturated rings. The normalized spacial score (nSPS) is 10.8. The number of aromatic nitrogens is 3. The highest BCUT2D eigenvalue weighted by molar-refractivity contribution is 5.42. The van der Waals surface area contributed by atoms with E-state index in [9.17, 15) is 5.11 Å². The number of phenols is 1. The molecule has 0 unspecified atom stereocenters. The Morgan fingerprint density at radius 2 is 2.00 bits per heavy atom. The number of benzene rings is 1. The smallest absolute Gasteiger partial charge is 0.121 e. The first-order valence-electron chi connectivity index (χ1n) is 6.50. The SMILES string of the molecule is Cc1cc(CNCCCn2ccnn2)cc(C)c1O. The van der Waals surface area contributed by atoms with Crippen molar-refractivity contribution < 1.29 is 5.11 Å². The minimum absolute atomic E-state index is 0.398. The van der Waals surface area contributed by atoms with Gasteiger partial charge >= 0.3 is 0 Å². The number of aromatic hydroxyl groups is 1. The van der Waals surface area contributed by atoms with Gasteiger partial charge < -0.3 is 10.4 Å². The molecule has 0 spiro atoms. The standard InChI is InChI=1S/C14H20N4O/c1-11-8-13(9-12(2)14(11)19)10-15-4-3-6-18-7-5-16-17-18/h5,7-9,15,19H,3-4,6,10H2,1-2H3. The van der Waals surface area contributed by atoms with Gasteiger partial charge in [0.2, 0.25) is 0 Å². The quantitative estimate of drug-likeness (QED) is 0.777. The highest BCUT2D eigenvalue weighted by atomic mass is 16.3. The zero-order valence-electron chi connectivity index (χ0n) is 11.4. The highest BCUT2D eigenvalue weighted by Gasteiger charge is 2.02. The molecule has 1 aromatic carbocycles. The van der Waals surface area contributed by atoms with E-state index >= 15 is 0 Å². The van der Waals surface area contributed by atoms with E-state index in [-0.39, 0.29) is 0 Å². The number of nitrogens with zero attached hydrogens (tertiary/aromatic N) is 3. The number of hydrogen-bond donors (Lipinski definition) is 2. The van der Waals surface area contributed by atoms with Gasteiger partial charge in [0.05, 0.1) is 6.20 Å². The molecule has 0 bridgehead atoms. The van der Waals surface area contributed by atoms with E-state index in [4.69, 9.17) is 0 Å². The van der Waals surface area contributed by atoms with Gasteiger partial charge in [-0.2, -0.15) is 0 Å². The monoisotopic (exact) mass is 260 g/mol. The van der Waals surface area contributed by atoms with Crippen LogP contribution in [0.25, 0.3) is 0 Å². The molecule has 102 valence electrons. The Bertz CT molecular complexity index is 499. The lowest BCUT2D eigenvalue weighted by Gasteiger charge is -2.09. The van der Waals surface area contributed by atoms with Crippen LogP contribution >= 0.6 is 0 Å². The lowest BCUT2D eigenvalue weighted by Crippen LogP contribution is -2.17. The maximum absolute atomic E-state index is 9.71. The van der Waals surface area contributed by atoms with E-state index in [1.54, 1.807) is 6.20 Å². The number of nitrogens with one attached hydrogen (secondary N) is 1.